The third-order valence-electron chi connectivity index (χ3n) is 4.13. The van der Waals surface area contributed by atoms with Crippen molar-refractivity contribution in [3.05, 3.63) is 28.2 Å². The molecule has 21 heavy (non-hydrogen) atoms. The molecular weight excluding hydrogens is 346 g/mol. The summed E-state index contributed by atoms with van der Waals surface area (Å²) in [6, 6.07) is 6.75. The fraction of sp³-hybridized carbons (Fsp3) is 0.562. The first kappa shape index (κ1) is 16.7. The van der Waals surface area contributed by atoms with Crippen molar-refractivity contribution >= 4 is 38.8 Å². The second kappa shape index (κ2) is 8.11. The average Bonchev–Trinajstić information content (AvgIpc) is 2.46. The van der Waals surface area contributed by atoms with Crippen molar-refractivity contribution in [1.29, 1.82) is 0 Å². The van der Waals surface area contributed by atoms with E-state index in [9.17, 15) is 0 Å². The molecular formula is C16H24BrN3S. The fourth-order valence-corrected chi connectivity index (χ4v) is 3.40. The van der Waals surface area contributed by atoms with Gasteiger partial charge in [0.15, 0.2) is 0 Å². The Labute approximate surface area is 141 Å². The standard InChI is InChI=1S/C16H24BrN3S/c1-12-5-2-3-9-20(12)10-4-8-19-15-7-6-13(17)11-14(15)16(18)21/h6-7,11-12,19H,2-5,8-10H2,1H3,(H2,18,21). The Morgan fingerprint density at radius 3 is 3.00 bits per heavy atom. The third-order valence-corrected chi connectivity index (χ3v) is 4.84. The van der Waals surface area contributed by atoms with Crippen molar-refractivity contribution in [1.82, 2.24) is 4.90 Å². The molecule has 1 aliphatic rings. The van der Waals surface area contributed by atoms with Crippen molar-refractivity contribution in [2.24, 2.45) is 5.73 Å². The summed E-state index contributed by atoms with van der Waals surface area (Å²) in [7, 11) is 0. The van der Waals surface area contributed by atoms with Crippen LogP contribution in [-0.2, 0) is 0 Å². The molecule has 0 radical (unpaired) electrons. The number of hydrogen-bond donors (Lipinski definition) is 2. The van der Waals surface area contributed by atoms with Crippen LogP contribution in [0.2, 0.25) is 0 Å². The predicted octanol–water partition coefficient (Wildman–Crippen LogP) is 3.76. The van der Waals surface area contributed by atoms with Gasteiger partial charge in [-0.3, -0.25) is 0 Å². The van der Waals surface area contributed by atoms with E-state index in [4.69, 9.17) is 18.0 Å². The first-order valence-corrected chi connectivity index (χ1v) is 8.85. The Bertz CT molecular complexity index is 492. The SMILES string of the molecule is CC1CCCCN1CCCNc1ccc(Br)cc1C(N)=S. The van der Waals surface area contributed by atoms with Gasteiger partial charge in [-0.25, -0.2) is 0 Å². The molecule has 0 saturated carbocycles. The molecule has 5 heteroatoms. The predicted molar refractivity (Wildman–Crippen MR) is 98.0 cm³/mol. The fourth-order valence-electron chi connectivity index (χ4n) is 2.87. The summed E-state index contributed by atoms with van der Waals surface area (Å²) >= 11 is 8.57. The number of likely N-dealkylation sites (tertiary alicyclic amines) is 1. The number of halogens is 1. The van der Waals surface area contributed by atoms with Crippen LogP contribution < -0.4 is 11.1 Å². The van der Waals surface area contributed by atoms with E-state index >= 15 is 0 Å². The molecule has 1 fully saturated rings. The molecule has 0 amide bonds. The van der Waals surface area contributed by atoms with Crippen LogP contribution in [0.25, 0.3) is 0 Å². The molecule has 1 aliphatic heterocycles. The molecule has 0 spiro atoms. The second-order valence-corrected chi connectivity index (χ2v) is 7.07. The topological polar surface area (TPSA) is 41.3 Å². The molecule has 0 aromatic heterocycles. The van der Waals surface area contributed by atoms with Gasteiger partial charge in [-0.05, 0) is 50.9 Å². The maximum absolute atomic E-state index is 5.79. The number of anilines is 1. The van der Waals surface area contributed by atoms with E-state index in [2.05, 4.69) is 33.1 Å². The maximum Gasteiger partial charge on any atom is 0.106 e. The zero-order chi connectivity index (χ0) is 15.2. The van der Waals surface area contributed by atoms with Gasteiger partial charge in [-0.1, -0.05) is 34.6 Å². The smallest absolute Gasteiger partial charge is 0.106 e. The molecule has 1 heterocycles. The summed E-state index contributed by atoms with van der Waals surface area (Å²) in [6.07, 6.45) is 5.20. The van der Waals surface area contributed by atoms with Gasteiger partial charge in [0.25, 0.3) is 0 Å². The number of benzene rings is 1. The summed E-state index contributed by atoms with van der Waals surface area (Å²) < 4.78 is 0.998. The summed E-state index contributed by atoms with van der Waals surface area (Å²) in [5.41, 5.74) is 7.72. The summed E-state index contributed by atoms with van der Waals surface area (Å²) in [5, 5.41) is 3.46. The molecule has 1 aromatic rings. The normalized spacial score (nSPS) is 19.4. The van der Waals surface area contributed by atoms with Crippen LogP contribution in [-0.4, -0.2) is 35.6 Å². The lowest BCUT2D eigenvalue weighted by atomic mass is 10.0. The number of nitrogens with zero attached hydrogens (tertiary/aromatic N) is 1. The van der Waals surface area contributed by atoms with E-state index in [-0.39, 0.29) is 0 Å². The molecule has 3 nitrogen and oxygen atoms in total. The van der Waals surface area contributed by atoms with E-state index in [1.807, 2.05) is 18.2 Å². The highest BCUT2D eigenvalue weighted by molar-refractivity contribution is 9.10. The number of hydrogen-bond acceptors (Lipinski definition) is 3. The Morgan fingerprint density at radius 2 is 2.29 bits per heavy atom. The lowest BCUT2D eigenvalue weighted by Gasteiger charge is -2.33. The van der Waals surface area contributed by atoms with Crippen LogP contribution in [0.15, 0.2) is 22.7 Å². The quantitative estimate of drug-likeness (QED) is 0.591. The lowest BCUT2D eigenvalue weighted by Crippen LogP contribution is -2.38. The van der Waals surface area contributed by atoms with Crippen LogP contribution in [0, 0.1) is 0 Å². The van der Waals surface area contributed by atoms with Crippen LogP contribution in [0.3, 0.4) is 0 Å². The first-order valence-electron chi connectivity index (χ1n) is 7.65. The van der Waals surface area contributed by atoms with E-state index in [0.29, 0.717) is 4.99 Å². The van der Waals surface area contributed by atoms with Gasteiger partial charge in [0.05, 0.1) is 0 Å². The Balaban J connectivity index is 1.82. The number of piperidine rings is 1. The van der Waals surface area contributed by atoms with Crippen molar-refractivity contribution in [3.8, 4) is 0 Å². The molecule has 1 aromatic carbocycles. The van der Waals surface area contributed by atoms with Crippen molar-refractivity contribution < 1.29 is 0 Å². The lowest BCUT2D eigenvalue weighted by molar-refractivity contribution is 0.160. The monoisotopic (exact) mass is 369 g/mol. The Kier molecular flexibility index (Phi) is 6.45. The van der Waals surface area contributed by atoms with Gasteiger partial charge >= 0.3 is 0 Å². The molecule has 116 valence electrons. The second-order valence-electron chi connectivity index (χ2n) is 5.72. The molecule has 1 atom stereocenters. The summed E-state index contributed by atoms with van der Waals surface area (Å²) in [5.74, 6) is 0. The van der Waals surface area contributed by atoms with E-state index in [1.54, 1.807) is 0 Å². The van der Waals surface area contributed by atoms with Gasteiger partial charge in [-0.2, -0.15) is 0 Å². The molecule has 2 rings (SSSR count). The van der Waals surface area contributed by atoms with Gasteiger partial charge < -0.3 is 16.0 Å². The Hall–Kier alpha value is -0.650. The van der Waals surface area contributed by atoms with Crippen molar-refractivity contribution in [2.75, 3.05) is 25.0 Å². The largest absolute Gasteiger partial charge is 0.389 e. The average molecular weight is 370 g/mol. The highest BCUT2D eigenvalue weighted by Crippen LogP contribution is 2.21. The zero-order valence-electron chi connectivity index (χ0n) is 12.6. The third kappa shape index (κ3) is 4.94. The Morgan fingerprint density at radius 1 is 1.48 bits per heavy atom. The van der Waals surface area contributed by atoms with Gasteiger partial charge in [-0.15, -0.1) is 0 Å². The first-order chi connectivity index (χ1) is 10.1. The summed E-state index contributed by atoms with van der Waals surface area (Å²) in [4.78, 5) is 3.03. The minimum Gasteiger partial charge on any atom is -0.389 e. The minimum absolute atomic E-state index is 0.434. The van der Waals surface area contributed by atoms with E-state index in [0.717, 1.165) is 41.3 Å². The molecule has 1 unspecified atom stereocenters. The van der Waals surface area contributed by atoms with Crippen molar-refractivity contribution in [2.45, 2.75) is 38.6 Å². The molecule has 1 saturated heterocycles. The number of rotatable bonds is 6. The zero-order valence-corrected chi connectivity index (χ0v) is 15.0. The molecule has 0 aliphatic carbocycles. The molecule has 3 N–H and O–H groups in total. The highest BCUT2D eigenvalue weighted by atomic mass is 79.9. The number of nitrogens with one attached hydrogen (secondary N) is 1. The van der Waals surface area contributed by atoms with Crippen LogP contribution in [0.1, 0.15) is 38.2 Å². The maximum atomic E-state index is 5.79. The van der Waals surface area contributed by atoms with Gasteiger partial charge in [0.2, 0.25) is 0 Å². The van der Waals surface area contributed by atoms with Crippen LogP contribution in [0.4, 0.5) is 5.69 Å². The van der Waals surface area contributed by atoms with Crippen LogP contribution >= 0.6 is 28.1 Å². The van der Waals surface area contributed by atoms with Gasteiger partial charge in [0, 0.05) is 34.9 Å². The van der Waals surface area contributed by atoms with Crippen LogP contribution in [0.5, 0.6) is 0 Å². The minimum atomic E-state index is 0.434. The number of nitrogens with two attached hydrogens (primary N) is 1. The molecule has 0 bridgehead atoms. The van der Waals surface area contributed by atoms with Crippen molar-refractivity contribution in [3.63, 3.8) is 0 Å². The highest BCUT2D eigenvalue weighted by Gasteiger charge is 2.17. The van der Waals surface area contributed by atoms with E-state index in [1.165, 1.54) is 25.8 Å². The number of thiocarbonyl (C=S) groups is 1. The summed E-state index contributed by atoms with van der Waals surface area (Å²) in [6.45, 7) is 5.69. The van der Waals surface area contributed by atoms with Gasteiger partial charge in [0.1, 0.15) is 4.99 Å². The van der Waals surface area contributed by atoms with E-state index < -0.39 is 0 Å².